The van der Waals surface area contributed by atoms with E-state index in [1.165, 1.54) is 12.1 Å². The van der Waals surface area contributed by atoms with Crippen molar-refractivity contribution in [3.63, 3.8) is 0 Å². The van der Waals surface area contributed by atoms with Crippen LogP contribution in [-0.4, -0.2) is 14.0 Å². The molecule has 0 spiro atoms. The minimum atomic E-state index is -3.77. The van der Waals surface area contributed by atoms with Crippen LogP contribution in [0.25, 0.3) is 0 Å². The van der Waals surface area contributed by atoms with E-state index in [2.05, 4.69) is 10.8 Å². The summed E-state index contributed by atoms with van der Waals surface area (Å²) in [5, 5.41) is 9.48. The monoisotopic (exact) mass is 298 g/mol. The van der Waals surface area contributed by atoms with Crippen LogP contribution in [-0.2, 0) is 10.0 Å². The van der Waals surface area contributed by atoms with Crippen LogP contribution in [0.4, 0.5) is 0 Å². The summed E-state index contributed by atoms with van der Waals surface area (Å²) in [5.41, 5.74) is -0.990. The Morgan fingerprint density at radius 2 is 1.84 bits per heavy atom. The molecule has 0 atom stereocenters. The molecule has 19 heavy (non-hydrogen) atoms. The number of sulfonamides is 1. The third-order valence-electron chi connectivity index (χ3n) is 3.38. The number of rotatable bonds is 3. The van der Waals surface area contributed by atoms with Gasteiger partial charge in [0.05, 0.1) is 11.1 Å². The van der Waals surface area contributed by atoms with Gasteiger partial charge in [0.2, 0.25) is 10.0 Å². The third kappa shape index (κ3) is 3.08. The zero-order valence-corrected chi connectivity index (χ0v) is 12.0. The molecule has 1 aromatic rings. The van der Waals surface area contributed by atoms with Crippen LogP contribution < -0.4 is 4.72 Å². The van der Waals surface area contributed by atoms with E-state index >= 15 is 0 Å². The van der Waals surface area contributed by atoms with Crippen LogP contribution >= 0.6 is 11.6 Å². The third-order valence-corrected chi connectivity index (χ3v) is 5.41. The fourth-order valence-corrected chi connectivity index (χ4v) is 4.26. The Morgan fingerprint density at radius 3 is 2.42 bits per heavy atom. The van der Waals surface area contributed by atoms with Crippen molar-refractivity contribution in [2.75, 3.05) is 0 Å². The van der Waals surface area contributed by atoms with Gasteiger partial charge in [-0.3, -0.25) is 0 Å². The van der Waals surface area contributed by atoms with Gasteiger partial charge in [-0.1, -0.05) is 43.0 Å². The van der Waals surface area contributed by atoms with Crippen molar-refractivity contribution in [2.24, 2.45) is 0 Å². The van der Waals surface area contributed by atoms with E-state index in [0.717, 1.165) is 19.3 Å². The molecule has 4 nitrogen and oxygen atoms in total. The van der Waals surface area contributed by atoms with Gasteiger partial charge in [-0.25, -0.2) is 8.42 Å². The van der Waals surface area contributed by atoms with Crippen LogP contribution in [0.5, 0.6) is 0 Å². The number of hydrogen-bond acceptors (Lipinski definition) is 3. The maximum absolute atomic E-state index is 12.3. The molecule has 0 amide bonds. The molecule has 1 aromatic carbocycles. The molecule has 0 bridgehead atoms. The second-order valence-electron chi connectivity index (χ2n) is 4.79. The molecule has 1 aliphatic rings. The highest BCUT2D eigenvalue weighted by Crippen LogP contribution is 2.30. The lowest BCUT2D eigenvalue weighted by atomic mass is 9.84. The summed E-state index contributed by atoms with van der Waals surface area (Å²) in [7, 11) is -3.77. The molecule has 1 aliphatic carbocycles. The largest absolute Gasteiger partial charge is 0.243 e. The second-order valence-corrected chi connectivity index (χ2v) is 6.85. The predicted molar refractivity (Wildman–Crippen MR) is 73.2 cm³/mol. The van der Waals surface area contributed by atoms with Crippen LogP contribution in [0.1, 0.15) is 32.1 Å². The molecule has 6 heteroatoms. The summed E-state index contributed by atoms with van der Waals surface area (Å²) >= 11 is 5.91. The summed E-state index contributed by atoms with van der Waals surface area (Å²) < 4.78 is 27.2. The molecule has 102 valence electrons. The molecule has 1 N–H and O–H groups in total. The molecule has 0 heterocycles. The van der Waals surface area contributed by atoms with Crippen molar-refractivity contribution in [2.45, 2.75) is 42.5 Å². The number of nitrogens with one attached hydrogen (secondary N) is 1. The Balaban J connectivity index is 2.31. The summed E-state index contributed by atoms with van der Waals surface area (Å²) in [4.78, 5) is 0.0249. The molecule has 0 radical (unpaired) electrons. The minimum absolute atomic E-state index is 0.0249. The number of nitriles is 1. The van der Waals surface area contributed by atoms with Crippen molar-refractivity contribution in [3.8, 4) is 6.07 Å². The van der Waals surface area contributed by atoms with Crippen molar-refractivity contribution >= 4 is 21.6 Å². The average molecular weight is 299 g/mol. The first kappa shape index (κ1) is 14.3. The van der Waals surface area contributed by atoms with E-state index in [1.54, 1.807) is 12.1 Å². The molecule has 0 aromatic heterocycles. The van der Waals surface area contributed by atoms with Gasteiger partial charge in [0, 0.05) is 0 Å². The average Bonchev–Trinajstić information content (AvgIpc) is 2.39. The maximum atomic E-state index is 12.3. The van der Waals surface area contributed by atoms with Crippen LogP contribution in [0, 0.1) is 11.3 Å². The lowest BCUT2D eigenvalue weighted by Crippen LogP contribution is -2.48. The highest BCUT2D eigenvalue weighted by molar-refractivity contribution is 7.89. The van der Waals surface area contributed by atoms with Crippen molar-refractivity contribution < 1.29 is 8.42 Å². The Bertz CT molecular complexity index is 601. The first-order valence-corrected chi connectivity index (χ1v) is 8.05. The molecule has 0 saturated heterocycles. The molecular formula is C13H15ClN2O2S. The summed E-state index contributed by atoms with van der Waals surface area (Å²) in [6.45, 7) is 0. The van der Waals surface area contributed by atoms with E-state index < -0.39 is 15.6 Å². The van der Waals surface area contributed by atoms with E-state index in [0.29, 0.717) is 12.8 Å². The van der Waals surface area contributed by atoms with E-state index in [4.69, 9.17) is 11.6 Å². The fourth-order valence-electron chi connectivity index (χ4n) is 2.37. The van der Waals surface area contributed by atoms with E-state index in [-0.39, 0.29) is 9.92 Å². The molecule has 1 saturated carbocycles. The molecule has 0 aliphatic heterocycles. The molecular weight excluding hydrogens is 284 g/mol. The zero-order chi connectivity index (χ0) is 13.9. The Labute approximate surface area is 118 Å². The highest BCUT2D eigenvalue weighted by atomic mass is 35.5. The first-order chi connectivity index (χ1) is 8.99. The van der Waals surface area contributed by atoms with Gasteiger partial charge in [-0.05, 0) is 25.0 Å². The van der Waals surface area contributed by atoms with E-state index in [1.807, 2.05) is 0 Å². The van der Waals surface area contributed by atoms with Gasteiger partial charge >= 0.3 is 0 Å². The van der Waals surface area contributed by atoms with Gasteiger partial charge in [-0.15, -0.1) is 0 Å². The van der Waals surface area contributed by atoms with Gasteiger partial charge in [0.1, 0.15) is 10.4 Å². The smallest absolute Gasteiger partial charge is 0.207 e. The number of halogens is 1. The number of hydrogen-bond donors (Lipinski definition) is 1. The van der Waals surface area contributed by atoms with Crippen LogP contribution in [0.2, 0.25) is 5.02 Å². The van der Waals surface area contributed by atoms with Gasteiger partial charge in [0.25, 0.3) is 0 Å². The zero-order valence-electron chi connectivity index (χ0n) is 10.4. The molecule has 2 rings (SSSR count). The van der Waals surface area contributed by atoms with Gasteiger partial charge < -0.3 is 0 Å². The van der Waals surface area contributed by atoms with Crippen LogP contribution in [0.15, 0.2) is 29.2 Å². The molecule has 0 unspecified atom stereocenters. The van der Waals surface area contributed by atoms with Crippen molar-refractivity contribution in [1.29, 1.82) is 5.26 Å². The summed E-state index contributed by atoms with van der Waals surface area (Å²) in [6.07, 6.45) is 3.86. The Hall–Kier alpha value is -1.09. The summed E-state index contributed by atoms with van der Waals surface area (Å²) in [6, 6.07) is 8.38. The highest BCUT2D eigenvalue weighted by Gasteiger charge is 2.37. The fraction of sp³-hybridized carbons (Fsp3) is 0.462. The van der Waals surface area contributed by atoms with Gasteiger partial charge in [-0.2, -0.15) is 9.98 Å². The lowest BCUT2D eigenvalue weighted by Gasteiger charge is -2.31. The van der Waals surface area contributed by atoms with Gasteiger partial charge in [0.15, 0.2) is 0 Å². The lowest BCUT2D eigenvalue weighted by molar-refractivity contribution is 0.338. The van der Waals surface area contributed by atoms with E-state index in [9.17, 15) is 13.7 Å². The summed E-state index contributed by atoms with van der Waals surface area (Å²) in [5.74, 6) is 0. The normalized spacial score (nSPS) is 18.7. The Kier molecular flexibility index (Phi) is 4.14. The minimum Gasteiger partial charge on any atom is -0.207 e. The molecule has 1 fully saturated rings. The first-order valence-electron chi connectivity index (χ1n) is 6.19. The second kappa shape index (κ2) is 5.49. The van der Waals surface area contributed by atoms with Crippen LogP contribution in [0.3, 0.4) is 0 Å². The Morgan fingerprint density at radius 1 is 1.21 bits per heavy atom. The topological polar surface area (TPSA) is 70.0 Å². The quantitative estimate of drug-likeness (QED) is 0.933. The number of nitrogens with zero attached hydrogens (tertiary/aromatic N) is 1. The SMILES string of the molecule is N#CC1(NS(=O)(=O)c2ccccc2Cl)CCCCC1. The van der Waals surface area contributed by atoms with Crippen molar-refractivity contribution in [3.05, 3.63) is 29.3 Å². The maximum Gasteiger partial charge on any atom is 0.243 e. The van der Waals surface area contributed by atoms with Crippen molar-refractivity contribution in [1.82, 2.24) is 4.72 Å². The number of benzene rings is 1. The standard InChI is InChI=1S/C13H15ClN2O2S/c14-11-6-2-3-7-12(11)19(17,18)16-13(10-15)8-4-1-5-9-13/h2-3,6-7,16H,1,4-5,8-9H2. The predicted octanol–water partition coefficient (Wildman–Crippen LogP) is 2.84.